The molecule has 0 atom stereocenters. The topological polar surface area (TPSA) is 45.2 Å². The van der Waals surface area contributed by atoms with Gasteiger partial charge in [0, 0.05) is 61.4 Å². The molecule has 16 rings (SSSR count). The Bertz CT molecular complexity index is 3600. The summed E-state index contributed by atoms with van der Waals surface area (Å²) in [6.07, 6.45) is 0. The van der Waals surface area contributed by atoms with E-state index in [0.717, 1.165) is 78.1 Å². The van der Waals surface area contributed by atoms with Crippen molar-refractivity contribution in [3.63, 3.8) is 0 Å². The largest absolute Gasteiger partial charge is 0.452 e. The zero-order valence-electron chi connectivity index (χ0n) is 33.0. The van der Waals surface area contributed by atoms with Gasteiger partial charge in [0.1, 0.15) is 11.2 Å². The van der Waals surface area contributed by atoms with Crippen LogP contribution in [-0.2, 0) is 0 Å². The molecule has 62 heavy (non-hydrogen) atoms. The maximum Gasteiger partial charge on any atom is 0.252 e. The normalized spacial score (nSPS) is 14.4. The third-order valence-corrected chi connectivity index (χ3v) is 14.2. The third-order valence-electron chi connectivity index (χ3n) is 14.2. The van der Waals surface area contributed by atoms with Gasteiger partial charge in [-0.2, -0.15) is 0 Å². The van der Waals surface area contributed by atoms with Crippen LogP contribution >= 0.6 is 0 Å². The van der Waals surface area contributed by atoms with Gasteiger partial charge in [-0.05, 0) is 87.4 Å². The van der Waals surface area contributed by atoms with Gasteiger partial charge >= 0.3 is 0 Å². The van der Waals surface area contributed by atoms with Gasteiger partial charge in [-0.1, -0.05) is 121 Å². The Labute approximate surface area is 355 Å². The summed E-state index contributed by atoms with van der Waals surface area (Å²) in [4.78, 5) is 7.54. The number of furan rings is 2. The lowest BCUT2D eigenvalue weighted by Crippen LogP contribution is -2.69. The first-order valence-corrected chi connectivity index (χ1v) is 21.3. The van der Waals surface area contributed by atoms with Crippen molar-refractivity contribution in [1.29, 1.82) is 0 Å². The van der Waals surface area contributed by atoms with E-state index >= 15 is 0 Å². The zero-order valence-corrected chi connectivity index (χ0v) is 33.0. The van der Waals surface area contributed by atoms with Crippen LogP contribution in [0.1, 0.15) is 0 Å². The lowest BCUT2D eigenvalue weighted by atomic mass is 9.28. The van der Waals surface area contributed by atoms with Gasteiger partial charge < -0.3 is 28.3 Å². The minimum Gasteiger partial charge on any atom is -0.452 e. The fraction of sp³-hybridized carbons (Fsp3) is 0. The molecule has 284 valence electrons. The van der Waals surface area contributed by atoms with Gasteiger partial charge in [0.15, 0.2) is 22.7 Å². The number of fused-ring (bicyclic) bond motifs is 14. The van der Waals surface area contributed by atoms with Crippen molar-refractivity contribution in [2.45, 2.75) is 0 Å². The summed E-state index contributed by atoms with van der Waals surface area (Å²) in [5.41, 5.74) is 20.8. The second-order valence-corrected chi connectivity index (χ2v) is 17.1. The third kappa shape index (κ3) is 3.65. The summed E-state index contributed by atoms with van der Waals surface area (Å²) >= 11 is 0. The van der Waals surface area contributed by atoms with Gasteiger partial charge in [-0.3, -0.25) is 0 Å². The highest BCUT2D eigenvalue weighted by atomic mass is 16.5. The molecule has 0 unspecified atom stereocenters. The highest BCUT2D eigenvalue weighted by Crippen LogP contribution is 2.60. The standard InChI is InChI=1S/C54H29B2N3O3/c1-3-15-30(16-4-1)57-40-23-11-9-21-36(40)55-38-27-34-32-19-7-13-25-44(32)60-51(34)53-48(38)59-49-39(28-35-33-20-8-14-26-45(33)61-52(35)54(49)62-53)56-37-22-10-12-24-41(37)58(31-17-5-2-6-18-31)43-29-42(57)46(55)50(59)47(43)56/h1-29H. The van der Waals surface area contributed by atoms with E-state index in [4.69, 9.17) is 13.6 Å². The van der Waals surface area contributed by atoms with Crippen molar-refractivity contribution >= 4 is 141 Å². The lowest BCUT2D eigenvalue weighted by molar-refractivity contribution is 0.466. The molecule has 0 bridgehead atoms. The van der Waals surface area contributed by atoms with Gasteiger partial charge in [0.2, 0.25) is 0 Å². The molecule has 5 aliphatic rings. The maximum absolute atomic E-state index is 7.52. The minimum absolute atomic E-state index is 0.103. The van der Waals surface area contributed by atoms with Crippen LogP contribution in [0.3, 0.4) is 0 Å². The Hall–Kier alpha value is -8.09. The van der Waals surface area contributed by atoms with Crippen molar-refractivity contribution in [2.75, 3.05) is 14.7 Å². The SMILES string of the molecule is c1ccc(N2c3ccccc3B3c4cc5c(oc6ccccc65)c5c4N4c6c3c2cc2c6B(c3ccccc3N2c2ccccc2)c2cc3c(oc6ccccc63)c(c24)O5)cc1. The molecule has 0 saturated heterocycles. The lowest BCUT2D eigenvalue weighted by Gasteiger charge is -2.52. The van der Waals surface area contributed by atoms with Gasteiger partial charge in [0.05, 0.1) is 11.4 Å². The Kier molecular flexibility index (Phi) is 5.63. The molecule has 6 nitrogen and oxygen atoms in total. The molecule has 7 heterocycles. The Morgan fingerprint density at radius 1 is 0.339 bits per heavy atom. The van der Waals surface area contributed by atoms with Crippen molar-refractivity contribution < 1.29 is 13.6 Å². The van der Waals surface area contributed by atoms with Crippen LogP contribution in [0.2, 0.25) is 0 Å². The van der Waals surface area contributed by atoms with Gasteiger partial charge in [-0.25, -0.2) is 0 Å². The second-order valence-electron chi connectivity index (χ2n) is 17.1. The zero-order chi connectivity index (χ0) is 39.9. The van der Waals surface area contributed by atoms with Crippen LogP contribution in [0.4, 0.5) is 51.2 Å². The fourth-order valence-corrected chi connectivity index (χ4v) is 11.9. The molecule has 2 aromatic heterocycles. The van der Waals surface area contributed by atoms with Crippen LogP contribution in [0.5, 0.6) is 11.5 Å². The first kappa shape index (κ1) is 31.8. The number of hydrogen-bond acceptors (Lipinski definition) is 6. The van der Waals surface area contributed by atoms with Gasteiger partial charge in [0.25, 0.3) is 13.4 Å². The Morgan fingerprint density at radius 3 is 1.27 bits per heavy atom. The number of hydrogen-bond donors (Lipinski definition) is 0. The van der Waals surface area contributed by atoms with E-state index in [-0.39, 0.29) is 13.4 Å². The van der Waals surface area contributed by atoms with Crippen LogP contribution < -0.4 is 52.2 Å². The fourth-order valence-electron chi connectivity index (χ4n) is 11.9. The number of ether oxygens (including phenoxy) is 1. The monoisotopic (exact) mass is 789 g/mol. The molecule has 5 aliphatic heterocycles. The van der Waals surface area contributed by atoms with E-state index in [2.05, 4.69) is 178 Å². The van der Waals surface area contributed by atoms with Crippen LogP contribution in [0.25, 0.3) is 43.9 Å². The number of benzene rings is 9. The average Bonchev–Trinajstić information content (AvgIpc) is 3.90. The van der Waals surface area contributed by atoms with Crippen molar-refractivity contribution in [2.24, 2.45) is 0 Å². The van der Waals surface area contributed by atoms with E-state index in [1.807, 2.05) is 12.1 Å². The summed E-state index contributed by atoms with van der Waals surface area (Å²) in [5.74, 6) is 1.45. The van der Waals surface area contributed by atoms with Gasteiger partial charge in [-0.15, -0.1) is 0 Å². The number of para-hydroxylation sites is 6. The minimum atomic E-state index is -0.103. The molecule has 0 radical (unpaired) electrons. The molecular weight excluding hydrogens is 760 g/mol. The molecule has 8 heteroatoms. The van der Waals surface area contributed by atoms with E-state index in [0.29, 0.717) is 0 Å². The van der Waals surface area contributed by atoms with E-state index in [9.17, 15) is 0 Å². The van der Waals surface area contributed by atoms with Crippen molar-refractivity contribution in [3.8, 4) is 11.5 Å². The van der Waals surface area contributed by atoms with Crippen LogP contribution in [0, 0.1) is 0 Å². The van der Waals surface area contributed by atoms with Crippen molar-refractivity contribution in [1.82, 2.24) is 0 Å². The molecule has 0 aliphatic carbocycles. The maximum atomic E-state index is 7.52. The van der Waals surface area contributed by atoms with E-state index < -0.39 is 0 Å². The summed E-state index contributed by atoms with van der Waals surface area (Å²) in [6.45, 7) is -0.205. The molecule has 0 fully saturated rings. The van der Waals surface area contributed by atoms with Crippen molar-refractivity contribution in [3.05, 3.63) is 176 Å². The molecule has 9 aromatic carbocycles. The number of nitrogens with zero attached hydrogens (tertiary/aromatic N) is 3. The second kappa shape index (κ2) is 11.0. The van der Waals surface area contributed by atoms with Crippen LogP contribution in [-0.4, -0.2) is 13.4 Å². The van der Waals surface area contributed by atoms with E-state index in [1.165, 1.54) is 61.2 Å². The molecule has 0 spiro atoms. The predicted octanol–water partition coefficient (Wildman–Crippen LogP) is 10.3. The molecule has 0 saturated carbocycles. The predicted molar refractivity (Wildman–Crippen MR) is 254 cm³/mol. The molecule has 11 aromatic rings. The summed E-state index contributed by atoms with van der Waals surface area (Å²) in [5, 5.41) is 4.22. The average molecular weight is 789 g/mol. The summed E-state index contributed by atoms with van der Waals surface area (Å²) < 4.78 is 21.3. The van der Waals surface area contributed by atoms with Crippen LogP contribution in [0.15, 0.2) is 185 Å². The highest BCUT2D eigenvalue weighted by Gasteiger charge is 2.55. The quantitative estimate of drug-likeness (QED) is 0.163. The highest BCUT2D eigenvalue weighted by molar-refractivity contribution is 7.05. The number of anilines is 9. The van der Waals surface area contributed by atoms with E-state index in [1.54, 1.807) is 0 Å². The molecule has 0 amide bonds. The Morgan fingerprint density at radius 2 is 0.774 bits per heavy atom. The smallest absolute Gasteiger partial charge is 0.252 e. The summed E-state index contributed by atoms with van der Waals surface area (Å²) in [7, 11) is 0. The molecular formula is C54H29B2N3O3. The first-order valence-electron chi connectivity index (χ1n) is 21.3. The summed E-state index contributed by atoms with van der Waals surface area (Å²) in [6, 6.07) is 63.7. The number of rotatable bonds is 2. The Balaban J connectivity index is 1.15. The first-order chi connectivity index (χ1) is 30.8. The molecule has 0 N–H and O–H groups in total.